The van der Waals surface area contributed by atoms with Crippen molar-refractivity contribution in [3.05, 3.63) is 52.5 Å². The number of carbonyl (C=O) groups is 1. The fraction of sp³-hybridized carbons (Fsp3) is 0.176. The predicted octanol–water partition coefficient (Wildman–Crippen LogP) is 3.39. The lowest BCUT2D eigenvalue weighted by atomic mass is 10.2. The molecular formula is C17H15N3OS. The van der Waals surface area contributed by atoms with Crippen molar-refractivity contribution in [2.45, 2.75) is 13.3 Å². The number of aromatic nitrogens is 1. The Kier molecular flexibility index (Phi) is 2.90. The Morgan fingerprint density at radius 3 is 2.95 bits per heavy atom. The Hall–Kier alpha value is -2.40. The summed E-state index contributed by atoms with van der Waals surface area (Å²) >= 11 is 1.38. The van der Waals surface area contributed by atoms with Gasteiger partial charge >= 0.3 is 0 Å². The van der Waals surface area contributed by atoms with Crippen molar-refractivity contribution in [1.29, 1.82) is 0 Å². The first-order chi connectivity index (χ1) is 10.6. The minimum atomic E-state index is -0.0249. The minimum absolute atomic E-state index is 0.0249. The van der Waals surface area contributed by atoms with Crippen LogP contribution >= 0.6 is 11.3 Å². The molecule has 1 aliphatic heterocycles. The number of hydrogen-bond acceptors (Lipinski definition) is 4. The molecule has 5 heteroatoms. The van der Waals surface area contributed by atoms with E-state index in [2.05, 4.69) is 11.1 Å². The Morgan fingerprint density at radius 1 is 1.27 bits per heavy atom. The van der Waals surface area contributed by atoms with Gasteiger partial charge in [-0.05, 0) is 37.1 Å². The molecule has 3 aromatic rings. The van der Waals surface area contributed by atoms with Crippen LogP contribution in [0.2, 0.25) is 0 Å². The first-order valence-electron chi connectivity index (χ1n) is 7.20. The molecular weight excluding hydrogens is 294 g/mol. The number of thiophene rings is 1. The van der Waals surface area contributed by atoms with Crippen molar-refractivity contribution in [3.63, 3.8) is 0 Å². The highest BCUT2D eigenvalue weighted by molar-refractivity contribution is 7.21. The first-order valence-corrected chi connectivity index (χ1v) is 8.02. The molecule has 1 amide bonds. The van der Waals surface area contributed by atoms with Crippen LogP contribution in [0.15, 0.2) is 36.4 Å². The maximum atomic E-state index is 12.9. The number of aryl methyl sites for hydroxylation is 1. The monoisotopic (exact) mass is 309 g/mol. The summed E-state index contributed by atoms with van der Waals surface area (Å²) in [5, 5.41) is 0.867. The van der Waals surface area contributed by atoms with Crippen LogP contribution in [0.4, 0.5) is 11.4 Å². The van der Waals surface area contributed by atoms with Crippen molar-refractivity contribution in [2.75, 3.05) is 17.2 Å². The molecule has 0 aliphatic carbocycles. The highest BCUT2D eigenvalue weighted by Crippen LogP contribution is 2.36. The van der Waals surface area contributed by atoms with Gasteiger partial charge in [-0.2, -0.15) is 0 Å². The van der Waals surface area contributed by atoms with E-state index in [0.717, 1.165) is 28.0 Å². The predicted molar refractivity (Wildman–Crippen MR) is 90.6 cm³/mol. The number of hydrogen-bond donors (Lipinski definition) is 1. The molecule has 22 heavy (non-hydrogen) atoms. The number of nitrogen functional groups attached to an aromatic ring is 1. The number of fused-ring (bicyclic) bond motifs is 2. The number of pyridine rings is 1. The Morgan fingerprint density at radius 2 is 2.09 bits per heavy atom. The van der Waals surface area contributed by atoms with Crippen LogP contribution in [0, 0.1) is 6.92 Å². The molecule has 0 unspecified atom stereocenters. The van der Waals surface area contributed by atoms with Gasteiger partial charge in [0.05, 0.1) is 5.69 Å². The zero-order valence-electron chi connectivity index (χ0n) is 12.2. The summed E-state index contributed by atoms with van der Waals surface area (Å²) in [5.74, 6) is -0.0249. The van der Waals surface area contributed by atoms with Crippen molar-refractivity contribution in [3.8, 4) is 0 Å². The molecule has 2 N–H and O–H groups in total. The highest BCUT2D eigenvalue weighted by Gasteiger charge is 2.28. The summed E-state index contributed by atoms with van der Waals surface area (Å²) in [5.41, 5.74) is 9.88. The summed E-state index contributed by atoms with van der Waals surface area (Å²) in [6.07, 6.45) is 0.893. The molecule has 0 radical (unpaired) electrons. The molecule has 2 aromatic heterocycles. The molecule has 0 saturated carbocycles. The maximum absolute atomic E-state index is 12.9. The quantitative estimate of drug-likeness (QED) is 0.749. The van der Waals surface area contributed by atoms with E-state index in [4.69, 9.17) is 5.73 Å². The zero-order valence-corrected chi connectivity index (χ0v) is 13.0. The third-order valence-corrected chi connectivity index (χ3v) is 5.16. The lowest BCUT2D eigenvalue weighted by Gasteiger charge is -2.16. The van der Waals surface area contributed by atoms with Gasteiger partial charge in [-0.15, -0.1) is 11.3 Å². The topological polar surface area (TPSA) is 59.2 Å². The average molecular weight is 309 g/mol. The molecule has 0 bridgehead atoms. The van der Waals surface area contributed by atoms with Gasteiger partial charge in [0, 0.05) is 23.3 Å². The second-order valence-electron chi connectivity index (χ2n) is 5.49. The maximum Gasteiger partial charge on any atom is 0.270 e. The van der Waals surface area contributed by atoms with Gasteiger partial charge < -0.3 is 10.6 Å². The van der Waals surface area contributed by atoms with Gasteiger partial charge in [-0.3, -0.25) is 4.79 Å². The van der Waals surface area contributed by atoms with Crippen LogP contribution < -0.4 is 10.6 Å². The fourth-order valence-corrected chi connectivity index (χ4v) is 4.01. The van der Waals surface area contributed by atoms with E-state index in [0.29, 0.717) is 17.1 Å². The van der Waals surface area contributed by atoms with Gasteiger partial charge in [0.2, 0.25) is 0 Å². The Labute approximate surface area is 132 Å². The Bertz CT molecular complexity index is 900. The van der Waals surface area contributed by atoms with Crippen LogP contribution in [0.3, 0.4) is 0 Å². The van der Waals surface area contributed by atoms with Gasteiger partial charge in [0.15, 0.2) is 0 Å². The SMILES string of the molecule is Cc1ccc2c(N)c(C(=O)N3CCc4ccccc43)sc2n1. The molecule has 0 fully saturated rings. The van der Waals surface area contributed by atoms with E-state index in [1.807, 2.05) is 42.2 Å². The van der Waals surface area contributed by atoms with Crippen molar-refractivity contribution >= 4 is 38.8 Å². The summed E-state index contributed by atoms with van der Waals surface area (Å²) < 4.78 is 0. The molecule has 0 saturated heterocycles. The van der Waals surface area contributed by atoms with Gasteiger partial charge in [0.1, 0.15) is 9.71 Å². The molecule has 3 heterocycles. The van der Waals surface area contributed by atoms with Gasteiger partial charge in [0.25, 0.3) is 5.91 Å². The lowest BCUT2D eigenvalue weighted by molar-refractivity contribution is 0.0994. The largest absolute Gasteiger partial charge is 0.397 e. The number of benzene rings is 1. The van der Waals surface area contributed by atoms with Crippen molar-refractivity contribution in [1.82, 2.24) is 4.98 Å². The number of carbonyl (C=O) groups excluding carboxylic acids is 1. The van der Waals surface area contributed by atoms with Gasteiger partial charge in [-0.25, -0.2) is 4.98 Å². The van der Waals surface area contributed by atoms with Crippen LogP contribution in [0.1, 0.15) is 20.9 Å². The number of amides is 1. The molecule has 0 spiro atoms. The lowest BCUT2D eigenvalue weighted by Crippen LogP contribution is -2.28. The van der Waals surface area contributed by atoms with E-state index >= 15 is 0 Å². The molecule has 110 valence electrons. The van der Waals surface area contributed by atoms with E-state index in [9.17, 15) is 4.79 Å². The summed E-state index contributed by atoms with van der Waals surface area (Å²) in [7, 11) is 0. The number of nitrogens with zero attached hydrogens (tertiary/aromatic N) is 2. The molecule has 4 rings (SSSR count). The summed E-state index contributed by atoms with van der Waals surface area (Å²) in [6.45, 7) is 2.64. The van der Waals surface area contributed by atoms with Gasteiger partial charge in [-0.1, -0.05) is 18.2 Å². The number of anilines is 2. The third-order valence-electron chi connectivity index (χ3n) is 4.06. The normalized spacial score (nSPS) is 13.6. The van der Waals surface area contributed by atoms with Crippen molar-refractivity contribution in [2.24, 2.45) is 0 Å². The van der Waals surface area contributed by atoms with E-state index in [-0.39, 0.29) is 5.91 Å². The summed E-state index contributed by atoms with van der Waals surface area (Å²) in [4.78, 5) is 20.6. The number of rotatable bonds is 1. The van der Waals surface area contributed by atoms with Crippen LogP contribution in [-0.2, 0) is 6.42 Å². The van der Waals surface area contributed by atoms with E-state index < -0.39 is 0 Å². The zero-order chi connectivity index (χ0) is 15.3. The molecule has 1 aliphatic rings. The second-order valence-corrected chi connectivity index (χ2v) is 6.48. The highest BCUT2D eigenvalue weighted by atomic mass is 32.1. The summed E-state index contributed by atoms with van der Waals surface area (Å²) in [6, 6.07) is 11.9. The van der Waals surface area contributed by atoms with E-state index in [1.54, 1.807) is 0 Å². The van der Waals surface area contributed by atoms with Crippen molar-refractivity contribution < 1.29 is 4.79 Å². The Balaban J connectivity index is 1.80. The van der Waals surface area contributed by atoms with Crippen LogP contribution in [0.25, 0.3) is 10.2 Å². The number of para-hydroxylation sites is 1. The second kappa shape index (κ2) is 4.81. The minimum Gasteiger partial charge on any atom is -0.397 e. The molecule has 1 aromatic carbocycles. The average Bonchev–Trinajstić information content (AvgIpc) is 3.08. The smallest absolute Gasteiger partial charge is 0.270 e. The molecule has 0 atom stereocenters. The third kappa shape index (κ3) is 1.89. The standard InChI is InChI=1S/C17H15N3OS/c1-10-6-7-12-14(18)15(22-16(12)19-10)17(21)20-9-8-11-4-2-3-5-13(11)20/h2-7H,8-9,18H2,1H3. The fourth-order valence-electron chi connectivity index (χ4n) is 2.92. The molecule has 4 nitrogen and oxygen atoms in total. The van der Waals surface area contributed by atoms with Crippen LogP contribution in [-0.4, -0.2) is 17.4 Å². The first kappa shape index (κ1) is 13.3. The van der Waals surface area contributed by atoms with Crippen LogP contribution in [0.5, 0.6) is 0 Å². The number of nitrogens with two attached hydrogens (primary N) is 1. The van der Waals surface area contributed by atoms with E-state index in [1.165, 1.54) is 16.9 Å².